The van der Waals surface area contributed by atoms with Gasteiger partial charge >= 0.3 is 0 Å². The zero-order valence-corrected chi connectivity index (χ0v) is 14.1. The van der Waals surface area contributed by atoms with Crippen molar-refractivity contribution in [2.75, 3.05) is 27.4 Å². The van der Waals surface area contributed by atoms with E-state index in [2.05, 4.69) is 9.88 Å². The maximum Gasteiger partial charge on any atom is 0.129 e. The van der Waals surface area contributed by atoms with Gasteiger partial charge in [-0.15, -0.1) is 0 Å². The van der Waals surface area contributed by atoms with Crippen molar-refractivity contribution in [3.63, 3.8) is 0 Å². The Balaban J connectivity index is 2.18. The van der Waals surface area contributed by atoms with Crippen LogP contribution in [0, 0.1) is 0 Å². The van der Waals surface area contributed by atoms with E-state index in [1.807, 2.05) is 30.3 Å². The summed E-state index contributed by atoms with van der Waals surface area (Å²) in [5.74, 6) is 1.57. The van der Waals surface area contributed by atoms with Gasteiger partial charge in [0.15, 0.2) is 0 Å². The van der Waals surface area contributed by atoms with Crippen LogP contribution in [-0.4, -0.2) is 42.4 Å². The fraction of sp³-hybridized carbons (Fsp3) is 0.353. The van der Waals surface area contributed by atoms with Gasteiger partial charge < -0.3 is 14.6 Å². The van der Waals surface area contributed by atoms with E-state index >= 15 is 0 Å². The van der Waals surface area contributed by atoms with Gasteiger partial charge in [0, 0.05) is 31.4 Å². The first-order valence-corrected chi connectivity index (χ1v) is 7.68. The van der Waals surface area contributed by atoms with E-state index in [9.17, 15) is 5.11 Å². The van der Waals surface area contributed by atoms with Crippen LogP contribution in [0.4, 0.5) is 0 Å². The molecule has 5 nitrogen and oxygen atoms in total. The number of hydrogen-bond acceptors (Lipinski definition) is 5. The Kier molecular flexibility index (Phi) is 6.65. The van der Waals surface area contributed by atoms with Crippen LogP contribution in [0.5, 0.6) is 11.5 Å². The smallest absolute Gasteiger partial charge is 0.129 e. The summed E-state index contributed by atoms with van der Waals surface area (Å²) < 4.78 is 10.7. The molecule has 0 amide bonds. The van der Waals surface area contributed by atoms with E-state index < -0.39 is 0 Å². The SMILES string of the molecule is COc1ccc(OC)c(CN(CCO)Cc2ccnc(Cl)c2)c1. The van der Waals surface area contributed by atoms with Crippen LogP contribution in [0.25, 0.3) is 0 Å². The van der Waals surface area contributed by atoms with Crippen LogP contribution < -0.4 is 9.47 Å². The van der Waals surface area contributed by atoms with Gasteiger partial charge in [-0.25, -0.2) is 4.98 Å². The topological polar surface area (TPSA) is 54.8 Å². The molecule has 1 aromatic heterocycles. The van der Waals surface area contributed by atoms with Crippen molar-refractivity contribution in [3.05, 3.63) is 52.8 Å². The first-order chi connectivity index (χ1) is 11.2. The van der Waals surface area contributed by atoms with E-state index in [0.29, 0.717) is 24.8 Å². The van der Waals surface area contributed by atoms with Crippen LogP contribution in [0.1, 0.15) is 11.1 Å². The molecule has 0 unspecified atom stereocenters. The van der Waals surface area contributed by atoms with Crippen molar-refractivity contribution in [3.8, 4) is 11.5 Å². The normalized spacial score (nSPS) is 10.8. The minimum absolute atomic E-state index is 0.0745. The number of aliphatic hydroxyl groups is 1. The molecule has 124 valence electrons. The number of aromatic nitrogens is 1. The lowest BCUT2D eigenvalue weighted by Gasteiger charge is -2.23. The number of hydrogen-bond donors (Lipinski definition) is 1. The number of aliphatic hydroxyl groups excluding tert-OH is 1. The van der Waals surface area contributed by atoms with Crippen molar-refractivity contribution in [1.82, 2.24) is 9.88 Å². The number of nitrogens with zero attached hydrogens (tertiary/aromatic N) is 2. The molecule has 23 heavy (non-hydrogen) atoms. The molecular weight excluding hydrogens is 316 g/mol. The van der Waals surface area contributed by atoms with Crippen molar-refractivity contribution in [1.29, 1.82) is 0 Å². The second-order valence-electron chi connectivity index (χ2n) is 5.10. The second-order valence-corrected chi connectivity index (χ2v) is 5.49. The fourth-order valence-corrected chi connectivity index (χ4v) is 2.60. The summed E-state index contributed by atoms with van der Waals surface area (Å²) in [5.41, 5.74) is 2.04. The van der Waals surface area contributed by atoms with Crippen molar-refractivity contribution >= 4 is 11.6 Å². The number of halogens is 1. The summed E-state index contributed by atoms with van der Waals surface area (Å²) in [6.45, 7) is 1.90. The maximum absolute atomic E-state index is 9.34. The number of ether oxygens (including phenoxy) is 2. The number of methoxy groups -OCH3 is 2. The van der Waals surface area contributed by atoms with Gasteiger partial charge in [-0.3, -0.25) is 4.90 Å². The van der Waals surface area contributed by atoms with Gasteiger partial charge in [-0.1, -0.05) is 11.6 Å². The number of pyridine rings is 1. The zero-order valence-electron chi connectivity index (χ0n) is 13.3. The summed E-state index contributed by atoms with van der Waals surface area (Å²) in [6, 6.07) is 9.44. The Labute approximate surface area is 141 Å². The molecule has 0 spiro atoms. The van der Waals surface area contributed by atoms with Gasteiger partial charge in [0.05, 0.1) is 20.8 Å². The molecule has 2 aromatic rings. The highest BCUT2D eigenvalue weighted by Gasteiger charge is 2.12. The van der Waals surface area contributed by atoms with Crippen molar-refractivity contribution in [2.24, 2.45) is 0 Å². The highest BCUT2D eigenvalue weighted by molar-refractivity contribution is 6.29. The molecule has 2 rings (SSSR count). The third kappa shape index (κ3) is 5.10. The predicted octanol–water partition coefficient (Wildman–Crippen LogP) is 2.75. The molecule has 0 aliphatic heterocycles. The quantitative estimate of drug-likeness (QED) is 0.751. The van der Waals surface area contributed by atoms with Crippen molar-refractivity contribution in [2.45, 2.75) is 13.1 Å². The Morgan fingerprint density at radius 3 is 2.61 bits per heavy atom. The molecule has 0 radical (unpaired) electrons. The van der Waals surface area contributed by atoms with Gasteiger partial charge in [-0.2, -0.15) is 0 Å². The lowest BCUT2D eigenvalue weighted by atomic mass is 10.1. The number of rotatable bonds is 8. The fourth-order valence-electron chi connectivity index (χ4n) is 2.40. The Bertz CT molecular complexity index is 637. The van der Waals surface area contributed by atoms with E-state index in [4.69, 9.17) is 21.1 Å². The monoisotopic (exact) mass is 336 g/mol. The van der Waals surface area contributed by atoms with E-state index in [1.54, 1.807) is 20.4 Å². The molecular formula is C17H21ClN2O3. The molecule has 6 heteroatoms. The Hall–Kier alpha value is -1.82. The molecule has 0 fully saturated rings. The van der Waals surface area contributed by atoms with E-state index in [-0.39, 0.29) is 6.61 Å². The molecule has 0 atom stereocenters. The predicted molar refractivity (Wildman–Crippen MR) is 90.0 cm³/mol. The average Bonchev–Trinajstić information content (AvgIpc) is 2.55. The lowest BCUT2D eigenvalue weighted by molar-refractivity contribution is 0.182. The molecule has 0 aliphatic carbocycles. The van der Waals surface area contributed by atoms with Gasteiger partial charge in [-0.05, 0) is 35.9 Å². The van der Waals surface area contributed by atoms with Gasteiger partial charge in [0.2, 0.25) is 0 Å². The highest BCUT2D eigenvalue weighted by atomic mass is 35.5. The first kappa shape index (κ1) is 17.5. The van der Waals surface area contributed by atoms with Crippen LogP contribution in [0.3, 0.4) is 0 Å². The lowest BCUT2D eigenvalue weighted by Crippen LogP contribution is -2.26. The third-order valence-electron chi connectivity index (χ3n) is 3.49. The van der Waals surface area contributed by atoms with E-state index in [1.165, 1.54) is 0 Å². The standard InChI is InChI=1S/C17H21ClN2O3/c1-22-15-3-4-16(23-2)14(10-15)12-20(7-8-21)11-13-5-6-19-17(18)9-13/h3-6,9-10,21H,7-8,11-12H2,1-2H3. The summed E-state index contributed by atoms with van der Waals surface area (Å²) >= 11 is 5.94. The number of benzene rings is 1. The molecule has 0 saturated carbocycles. The summed E-state index contributed by atoms with van der Waals surface area (Å²) in [4.78, 5) is 6.10. The van der Waals surface area contributed by atoms with Crippen LogP contribution >= 0.6 is 11.6 Å². The molecule has 1 N–H and O–H groups in total. The summed E-state index contributed by atoms with van der Waals surface area (Å²) in [7, 11) is 3.28. The van der Waals surface area contributed by atoms with Gasteiger partial charge in [0.1, 0.15) is 16.7 Å². The van der Waals surface area contributed by atoms with Crippen LogP contribution in [-0.2, 0) is 13.1 Å². The molecule has 1 aromatic carbocycles. The van der Waals surface area contributed by atoms with Crippen molar-refractivity contribution < 1.29 is 14.6 Å². The molecule has 0 bridgehead atoms. The highest BCUT2D eigenvalue weighted by Crippen LogP contribution is 2.25. The average molecular weight is 337 g/mol. The van der Waals surface area contributed by atoms with Crippen LogP contribution in [0.2, 0.25) is 5.15 Å². The zero-order chi connectivity index (χ0) is 16.7. The minimum Gasteiger partial charge on any atom is -0.497 e. The second kappa shape index (κ2) is 8.72. The third-order valence-corrected chi connectivity index (χ3v) is 3.70. The van der Waals surface area contributed by atoms with Gasteiger partial charge in [0.25, 0.3) is 0 Å². The maximum atomic E-state index is 9.34. The first-order valence-electron chi connectivity index (χ1n) is 7.30. The summed E-state index contributed by atoms with van der Waals surface area (Å²) in [6.07, 6.45) is 1.68. The Morgan fingerprint density at radius 2 is 1.96 bits per heavy atom. The van der Waals surface area contributed by atoms with E-state index in [0.717, 1.165) is 22.6 Å². The van der Waals surface area contributed by atoms with Crippen LogP contribution in [0.15, 0.2) is 36.5 Å². The minimum atomic E-state index is 0.0745. The largest absolute Gasteiger partial charge is 0.497 e. The molecule has 0 saturated heterocycles. The summed E-state index contributed by atoms with van der Waals surface area (Å²) in [5, 5.41) is 9.80. The Morgan fingerprint density at radius 1 is 1.13 bits per heavy atom. The molecule has 0 aliphatic rings. The molecule has 1 heterocycles.